The number of nitrogens with zero attached hydrogens (tertiary/aromatic N) is 3. The molecule has 2 aromatic carbocycles. The number of anilines is 1. The molecule has 0 aliphatic rings. The van der Waals surface area contributed by atoms with Gasteiger partial charge in [0, 0.05) is 35.8 Å². The average molecular weight is 308 g/mol. The highest BCUT2D eigenvalue weighted by atomic mass is 16.6. The molecule has 0 aliphatic carbocycles. The Hall–Kier alpha value is -3.48. The number of benzene rings is 2. The highest BCUT2D eigenvalue weighted by molar-refractivity contribution is 6.04. The van der Waals surface area contributed by atoms with E-state index in [4.69, 9.17) is 0 Å². The van der Waals surface area contributed by atoms with Crippen molar-refractivity contribution in [3.8, 4) is 5.69 Å². The fourth-order valence-corrected chi connectivity index (χ4v) is 2.08. The molecule has 0 bridgehead atoms. The van der Waals surface area contributed by atoms with Crippen LogP contribution in [0, 0.1) is 10.1 Å². The minimum atomic E-state index is -0.487. The third kappa shape index (κ3) is 3.24. The van der Waals surface area contributed by atoms with Gasteiger partial charge in [-0.05, 0) is 36.4 Å². The molecular weight excluding hydrogens is 296 g/mol. The highest BCUT2D eigenvalue weighted by Gasteiger charge is 2.09. The monoisotopic (exact) mass is 308 g/mol. The van der Waals surface area contributed by atoms with Gasteiger partial charge in [-0.3, -0.25) is 14.9 Å². The van der Waals surface area contributed by atoms with Gasteiger partial charge in [-0.2, -0.15) is 5.10 Å². The summed E-state index contributed by atoms with van der Waals surface area (Å²) in [5.41, 5.74) is 1.71. The van der Waals surface area contributed by atoms with Crippen molar-refractivity contribution >= 4 is 17.3 Å². The molecule has 7 heteroatoms. The van der Waals surface area contributed by atoms with Crippen LogP contribution in [0.1, 0.15) is 10.4 Å². The number of aromatic nitrogens is 2. The molecule has 3 aromatic rings. The van der Waals surface area contributed by atoms with Gasteiger partial charge in [0.05, 0.1) is 10.6 Å². The van der Waals surface area contributed by atoms with Gasteiger partial charge in [0.2, 0.25) is 0 Å². The van der Waals surface area contributed by atoms with Crippen LogP contribution in [-0.2, 0) is 0 Å². The van der Waals surface area contributed by atoms with Crippen LogP contribution in [0.4, 0.5) is 11.4 Å². The molecular formula is C16H12N4O3. The van der Waals surface area contributed by atoms with Crippen molar-refractivity contribution in [2.75, 3.05) is 5.32 Å². The maximum Gasteiger partial charge on any atom is 0.269 e. The summed E-state index contributed by atoms with van der Waals surface area (Å²) in [7, 11) is 0. The van der Waals surface area contributed by atoms with Crippen LogP contribution in [-0.4, -0.2) is 20.6 Å². The van der Waals surface area contributed by atoms with Gasteiger partial charge in [0.25, 0.3) is 11.6 Å². The van der Waals surface area contributed by atoms with E-state index in [1.807, 2.05) is 6.07 Å². The fraction of sp³-hybridized carbons (Fsp3) is 0. The molecule has 3 rings (SSSR count). The van der Waals surface area contributed by atoms with E-state index < -0.39 is 4.92 Å². The van der Waals surface area contributed by atoms with Gasteiger partial charge < -0.3 is 5.32 Å². The van der Waals surface area contributed by atoms with Crippen LogP contribution < -0.4 is 5.32 Å². The Morgan fingerprint density at radius 3 is 2.57 bits per heavy atom. The van der Waals surface area contributed by atoms with Gasteiger partial charge in [-0.1, -0.05) is 6.07 Å². The normalized spacial score (nSPS) is 10.3. The summed E-state index contributed by atoms with van der Waals surface area (Å²) in [5.74, 6) is -0.298. The quantitative estimate of drug-likeness (QED) is 0.592. The molecule has 114 valence electrons. The minimum absolute atomic E-state index is 0.0244. The Kier molecular flexibility index (Phi) is 3.84. The number of rotatable bonds is 4. The van der Waals surface area contributed by atoms with Gasteiger partial charge in [-0.25, -0.2) is 4.68 Å². The zero-order chi connectivity index (χ0) is 16.2. The maximum absolute atomic E-state index is 12.3. The van der Waals surface area contributed by atoms with E-state index in [-0.39, 0.29) is 11.6 Å². The van der Waals surface area contributed by atoms with Crippen molar-refractivity contribution in [3.63, 3.8) is 0 Å². The lowest BCUT2D eigenvalue weighted by Crippen LogP contribution is -2.12. The van der Waals surface area contributed by atoms with Crippen molar-refractivity contribution in [1.82, 2.24) is 9.78 Å². The minimum Gasteiger partial charge on any atom is -0.322 e. The Morgan fingerprint density at radius 1 is 1.13 bits per heavy atom. The average Bonchev–Trinajstić information content (AvgIpc) is 3.10. The summed E-state index contributed by atoms with van der Waals surface area (Å²) in [6, 6.07) is 14.5. The Balaban J connectivity index is 1.78. The molecule has 1 heterocycles. The second-order valence-corrected chi connectivity index (χ2v) is 4.76. The summed E-state index contributed by atoms with van der Waals surface area (Å²) in [4.78, 5) is 22.4. The van der Waals surface area contributed by atoms with Crippen LogP contribution in [0.25, 0.3) is 5.69 Å². The Bertz CT molecular complexity index is 842. The molecule has 23 heavy (non-hydrogen) atoms. The van der Waals surface area contributed by atoms with Crippen molar-refractivity contribution in [3.05, 3.63) is 82.7 Å². The lowest BCUT2D eigenvalue weighted by molar-refractivity contribution is -0.384. The molecule has 1 N–H and O–H groups in total. The van der Waals surface area contributed by atoms with E-state index in [9.17, 15) is 14.9 Å². The molecule has 0 unspecified atom stereocenters. The maximum atomic E-state index is 12.3. The van der Waals surface area contributed by atoms with Crippen LogP contribution in [0.2, 0.25) is 0 Å². The summed E-state index contributed by atoms with van der Waals surface area (Å²) in [6.45, 7) is 0. The summed E-state index contributed by atoms with van der Waals surface area (Å²) in [6.07, 6.45) is 3.44. The SMILES string of the molecule is O=C(Nc1ccc([N+](=O)[O-])cc1)c1cccc(-n2cccn2)c1. The van der Waals surface area contributed by atoms with E-state index in [2.05, 4.69) is 10.4 Å². The number of hydrogen-bond acceptors (Lipinski definition) is 4. The second kappa shape index (κ2) is 6.10. The van der Waals surface area contributed by atoms with Crippen LogP contribution in [0.5, 0.6) is 0 Å². The van der Waals surface area contributed by atoms with Crippen molar-refractivity contribution in [2.24, 2.45) is 0 Å². The lowest BCUT2D eigenvalue weighted by atomic mass is 10.2. The summed E-state index contributed by atoms with van der Waals surface area (Å²) < 4.78 is 1.66. The predicted molar refractivity (Wildman–Crippen MR) is 84.6 cm³/mol. The summed E-state index contributed by atoms with van der Waals surface area (Å²) in [5, 5.41) is 17.4. The highest BCUT2D eigenvalue weighted by Crippen LogP contribution is 2.17. The smallest absolute Gasteiger partial charge is 0.269 e. The van der Waals surface area contributed by atoms with E-state index in [0.717, 1.165) is 5.69 Å². The Labute approximate surface area is 131 Å². The van der Waals surface area contributed by atoms with Gasteiger partial charge in [0.1, 0.15) is 0 Å². The molecule has 0 fully saturated rings. The molecule has 1 aromatic heterocycles. The first-order valence-corrected chi connectivity index (χ1v) is 6.79. The topological polar surface area (TPSA) is 90.1 Å². The first-order chi connectivity index (χ1) is 11.1. The number of nitrogens with one attached hydrogen (secondary N) is 1. The van der Waals surface area contributed by atoms with E-state index in [1.54, 1.807) is 41.3 Å². The standard InChI is InChI=1S/C16H12N4O3/c21-16(18-13-5-7-14(8-6-13)20(22)23)12-3-1-4-15(11-12)19-10-2-9-17-19/h1-11H,(H,18,21). The number of carbonyl (C=O) groups is 1. The third-order valence-electron chi connectivity index (χ3n) is 3.21. The molecule has 0 radical (unpaired) electrons. The van der Waals surface area contributed by atoms with Gasteiger partial charge in [0.15, 0.2) is 0 Å². The van der Waals surface area contributed by atoms with Crippen LogP contribution in [0.3, 0.4) is 0 Å². The van der Waals surface area contributed by atoms with Crippen LogP contribution >= 0.6 is 0 Å². The molecule has 0 aliphatic heterocycles. The number of non-ortho nitro benzene ring substituents is 1. The van der Waals surface area contributed by atoms with E-state index >= 15 is 0 Å². The van der Waals surface area contributed by atoms with Gasteiger partial charge in [-0.15, -0.1) is 0 Å². The molecule has 1 amide bonds. The Morgan fingerprint density at radius 2 is 1.91 bits per heavy atom. The molecule has 0 spiro atoms. The zero-order valence-electron chi connectivity index (χ0n) is 11.9. The molecule has 0 saturated carbocycles. The third-order valence-corrected chi connectivity index (χ3v) is 3.21. The van der Waals surface area contributed by atoms with Crippen molar-refractivity contribution < 1.29 is 9.72 Å². The number of hydrogen-bond donors (Lipinski definition) is 1. The lowest BCUT2D eigenvalue weighted by Gasteiger charge is -2.07. The molecule has 7 nitrogen and oxygen atoms in total. The van der Waals surface area contributed by atoms with Crippen molar-refractivity contribution in [1.29, 1.82) is 0 Å². The molecule has 0 saturated heterocycles. The van der Waals surface area contributed by atoms with Crippen LogP contribution in [0.15, 0.2) is 67.0 Å². The number of amides is 1. The first kappa shape index (κ1) is 14.5. The van der Waals surface area contributed by atoms with Gasteiger partial charge >= 0.3 is 0 Å². The van der Waals surface area contributed by atoms with E-state index in [1.165, 1.54) is 24.3 Å². The number of carbonyl (C=O) groups excluding carboxylic acids is 1. The molecule has 0 atom stereocenters. The van der Waals surface area contributed by atoms with Crippen molar-refractivity contribution in [2.45, 2.75) is 0 Å². The number of nitro groups is 1. The first-order valence-electron chi connectivity index (χ1n) is 6.79. The second-order valence-electron chi connectivity index (χ2n) is 4.76. The predicted octanol–water partition coefficient (Wildman–Crippen LogP) is 3.03. The summed E-state index contributed by atoms with van der Waals surface area (Å²) >= 11 is 0. The number of nitro benzene ring substituents is 1. The zero-order valence-corrected chi connectivity index (χ0v) is 11.9. The largest absolute Gasteiger partial charge is 0.322 e. The van der Waals surface area contributed by atoms with E-state index in [0.29, 0.717) is 11.3 Å². The fourth-order valence-electron chi connectivity index (χ4n) is 2.08.